The topological polar surface area (TPSA) is 40.9 Å². The van der Waals surface area contributed by atoms with Gasteiger partial charge in [-0.1, -0.05) is 43.7 Å². The molecule has 0 aliphatic carbocycles. The van der Waals surface area contributed by atoms with E-state index in [2.05, 4.69) is 6.07 Å². The van der Waals surface area contributed by atoms with Crippen LogP contribution in [0.25, 0.3) is 0 Å². The molecule has 2 heteroatoms. The van der Waals surface area contributed by atoms with Gasteiger partial charge in [-0.2, -0.15) is 5.26 Å². The Bertz CT molecular complexity index is 415. The van der Waals surface area contributed by atoms with E-state index in [1.807, 2.05) is 45.0 Å². The second-order valence-corrected chi connectivity index (χ2v) is 4.54. The van der Waals surface area contributed by atoms with E-state index in [9.17, 15) is 4.79 Å². The van der Waals surface area contributed by atoms with Crippen molar-refractivity contribution in [2.45, 2.75) is 33.1 Å². The first-order valence-corrected chi connectivity index (χ1v) is 5.53. The SMILES string of the molecule is Cc1cccc(C(C#N)C(=O)CC(C)C)c1. The molecule has 0 saturated carbocycles. The lowest BCUT2D eigenvalue weighted by atomic mass is 9.90. The lowest BCUT2D eigenvalue weighted by molar-refractivity contribution is -0.120. The summed E-state index contributed by atoms with van der Waals surface area (Å²) in [6.07, 6.45) is 0.464. The van der Waals surface area contributed by atoms with Crippen LogP contribution in [0.2, 0.25) is 0 Å². The number of benzene rings is 1. The quantitative estimate of drug-likeness (QED) is 0.773. The zero-order chi connectivity index (χ0) is 12.1. The Morgan fingerprint density at radius 3 is 2.62 bits per heavy atom. The van der Waals surface area contributed by atoms with Gasteiger partial charge in [0.05, 0.1) is 6.07 Å². The number of hydrogen-bond acceptors (Lipinski definition) is 2. The highest BCUT2D eigenvalue weighted by molar-refractivity contribution is 5.88. The minimum absolute atomic E-state index is 0.0168. The molecule has 1 aromatic carbocycles. The van der Waals surface area contributed by atoms with E-state index < -0.39 is 5.92 Å². The standard InChI is InChI=1S/C14H17NO/c1-10(2)7-14(16)13(9-15)12-6-4-5-11(3)8-12/h4-6,8,10,13H,7H2,1-3H3. The highest BCUT2D eigenvalue weighted by atomic mass is 16.1. The summed E-state index contributed by atoms with van der Waals surface area (Å²) in [5.41, 5.74) is 1.89. The lowest BCUT2D eigenvalue weighted by Crippen LogP contribution is -2.13. The molecule has 0 bridgehead atoms. The van der Waals surface area contributed by atoms with Crippen LogP contribution in [0.1, 0.15) is 37.3 Å². The van der Waals surface area contributed by atoms with Crippen LogP contribution in [-0.4, -0.2) is 5.78 Å². The maximum atomic E-state index is 11.9. The molecule has 2 nitrogen and oxygen atoms in total. The summed E-state index contributed by atoms with van der Waals surface area (Å²) in [5, 5.41) is 9.08. The summed E-state index contributed by atoms with van der Waals surface area (Å²) >= 11 is 0. The normalized spacial score (nSPS) is 12.2. The van der Waals surface area contributed by atoms with Crippen molar-refractivity contribution in [3.8, 4) is 6.07 Å². The smallest absolute Gasteiger partial charge is 0.154 e. The Morgan fingerprint density at radius 2 is 2.12 bits per heavy atom. The molecule has 16 heavy (non-hydrogen) atoms. The number of carbonyl (C=O) groups is 1. The zero-order valence-electron chi connectivity index (χ0n) is 10.0. The van der Waals surface area contributed by atoms with Crippen molar-refractivity contribution in [2.24, 2.45) is 5.92 Å². The number of ketones is 1. The molecule has 0 radical (unpaired) electrons. The summed E-state index contributed by atoms with van der Waals surface area (Å²) in [5.74, 6) is -0.293. The van der Waals surface area contributed by atoms with Gasteiger partial charge in [-0.3, -0.25) is 4.79 Å². The number of nitrogens with zero attached hydrogens (tertiary/aromatic N) is 1. The summed E-state index contributed by atoms with van der Waals surface area (Å²) in [4.78, 5) is 11.9. The summed E-state index contributed by atoms with van der Waals surface area (Å²) < 4.78 is 0. The summed E-state index contributed by atoms with van der Waals surface area (Å²) in [7, 11) is 0. The van der Waals surface area contributed by atoms with Crippen LogP contribution < -0.4 is 0 Å². The van der Waals surface area contributed by atoms with Crippen molar-refractivity contribution >= 4 is 5.78 Å². The number of carbonyl (C=O) groups excluding carboxylic acids is 1. The van der Waals surface area contributed by atoms with E-state index in [1.54, 1.807) is 0 Å². The predicted molar refractivity (Wildman–Crippen MR) is 64.0 cm³/mol. The maximum absolute atomic E-state index is 11.9. The minimum atomic E-state index is -0.609. The molecule has 0 N–H and O–H groups in total. The summed E-state index contributed by atoms with van der Waals surface area (Å²) in [6, 6.07) is 9.71. The van der Waals surface area contributed by atoms with Gasteiger partial charge in [-0.05, 0) is 18.4 Å². The molecule has 0 aromatic heterocycles. The van der Waals surface area contributed by atoms with Gasteiger partial charge in [0.1, 0.15) is 5.92 Å². The second-order valence-electron chi connectivity index (χ2n) is 4.54. The van der Waals surface area contributed by atoms with Gasteiger partial charge in [-0.25, -0.2) is 0 Å². The van der Waals surface area contributed by atoms with Gasteiger partial charge in [0.15, 0.2) is 5.78 Å². The molecule has 0 spiro atoms. The largest absolute Gasteiger partial charge is 0.298 e. The van der Waals surface area contributed by atoms with E-state index in [1.165, 1.54) is 0 Å². The predicted octanol–water partition coefficient (Wildman–Crippen LogP) is 3.22. The van der Waals surface area contributed by atoms with Gasteiger partial charge in [0.25, 0.3) is 0 Å². The molecule has 1 atom stereocenters. The Labute approximate surface area is 96.9 Å². The molecule has 0 fully saturated rings. The molecule has 84 valence electrons. The van der Waals surface area contributed by atoms with E-state index in [4.69, 9.17) is 5.26 Å². The van der Waals surface area contributed by atoms with Crippen molar-refractivity contribution in [3.05, 3.63) is 35.4 Å². The molecule has 1 aromatic rings. The number of nitriles is 1. The monoisotopic (exact) mass is 215 g/mol. The van der Waals surface area contributed by atoms with E-state index >= 15 is 0 Å². The van der Waals surface area contributed by atoms with Crippen molar-refractivity contribution in [1.82, 2.24) is 0 Å². The molecular weight excluding hydrogens is 198 g/mol. The van der Waals surface area contributed by atoms with Gasteiger partial charge in [0.2, 0.25) is 0 Å². The van der Waals surface area contributed by atoms with Crippen LogP contribution in [-0.2, 0) is 4.79 Å². The van der Waals surface area contributed by atoms with Gasteiger partial charge < -0.3 is 0 Å². The average molecular weight is 215 g/mol. The molecule has 0 aliphatic rings. The second kappa shape index (κ2) is 5.46. The first-order valence-electron chi connectivity index (χ1n) is 5.53. The zero-order valence-corrected chi connectivity index (χ0v) is 10.0. The molecule has 0 aliphatic heterocycles. The first kappa shape index (κ1) is 12.4. The van der Waals surface area contributed by atoms with Gasteiger partial charge in [-0.15, -0.1) is 0 Å². The third-order valence-electron chi connectivity index (χ3n) is 2.44. The Balaban J connectivity index is 2.91. The van der Waals surface area contributed by atoms with Crippen LogP contribution in [0, 0.1) is 24.2 Å². The van der Waals surface area contributed by atoms with Crippen LogP contribution in [0.4, 0.5) is 0 Å². The molecule has 0 amide bonds. The lowest BCUT2D eigenvalue weighted by Gasteiger charge is -2.10. The molecule has 0 saturated heterocycles. The van der Waals surface area contributed by atoms with Crippen LogP contribution >= 0.6 is 0 Å². The summed E-state index contributed by atoms with van der Waals surface area (Å²) in [6.45, 7) is 5.94. The fraction of sp³-hybridized carbons (Fsp3) is 0.429. The Kier molecular flexibility index (Phi) is 4.25. The average Bonchev–Trinajstić information content (AvgIpc) is 2.17. The Morgan fingerprint density at radius 1 is 1.44 bits per heavy atom. The number of aryl methyl sites for hydroxylation is 1. The third-order valence-corrected chi connectivity index (χ3v) is 2.44. The number of rotatable bonds is 4. The van der Waals surface area contributed by atoms with Crippen molar-refractivity contribution in [3.63, 3.8) is 0 Å². The van der Waals surface area contributed by atoms with Crippen molar-refractivity contribution in [1.29, 1.82) is 5.26 Å². The van der Waals surface area contributed by atoms with Crippen molar-refractivity contribution in [2.75, 3.05) is 0 Å². The third kappa shape index (κ3) is 3.20. The van der Waals surface area contributed by atoms with Crippen LogP contribution in [0.5, 0.6) is 0 Å². The van der Waals surface area contributed by atoms with E-state index in [0.717, 1.165) is 11.1 Å². The minimum Gasteiger partial charge on any atom is -0.298 e. The van der Waals surface area contributed by atoms with Crippen molar-refractivity contribution < 1.29 is 4.79 Å². The first-order chi connectivity index (χ1) is 7.54. The molecule has 0 heterocycles. The van der Waals surface area contributed by atoms with Gasteiger partial charge in [0, 0.05) is 6.42 Å². The van der Waals surface area contributed by atoms with E-state index in [0.29, 0.717) is 12.3 Å². The van der Waals surface area contributed by atoms with E-state index in [-0.39, 0.29) is 5.78 Å². The molecular formula is C14H17NO. The fourth-order valence-corrected chi connectivity index (χ4v) is 1.70. The molecule has 1 rings (SSSR count). The maximum Gasteiger partial charge on any atom is 0.154 e. The Hall–Kier alpha value is -1.62. The number of Topliss-reactive ketones (excluding diaryl/α,β-unsaturated/α-hetero) is 1. The number of hydrogen-bond donors (Lipinski definition) is 0. The fourth-order valence-electron chi connectivity index (χ4n) is 1.70. The van der Waals surface area contributed by atoms with Gasteiger partial charge >= 0.3 is 0 Å². The highest BCUT2D eigenvalue weighted by Crippen LogP contribution is 2.20. The molecule has 1 unspecified atom stereocenters. The van der Waals surface area contributed by atoms with Crippen LogP contribution in [0.3, 0.4) is 0 Å². The highest BCUT2D eigenvalue weighted by Gasteiger charge is 2.20. The van der Waals surface area contributed by atoms with Crippen LogP contribution in [0.15, 0.2) is 24.3 Å².